The van der Waals surface area contributed by atoms with Crippen LogP contribution in [0.25, 0.3) is 0 Å². The quantitative estimate of drug-likeness (QED) is 0.768. The Balaban J connectivity index is 1.66. The normalized spacial score (nSPS) is 24.1. The molecule has 1 aliphatic heterocycles. The van der Waals surface area contributed by atoms with E-state index in [1.54, 1.807) is 0 Å². The molecule has 17 heavy (non-hydrogen) atoms. The maximum atomic E-state index is 12.8. The summed E-state index contributed by atoms with van der Waals surface area (Å²) in [5.74, 6) is 0.826. The smallest absolute Gasteiger partial charge is 0.225 e. The Kier molecular flexibility index (Phi) is 2.61. The van der Waals surface area contributed by atoms with Gasteiger partial charge in [0.25, 0.3) is 0 Å². The lowest BCUT2D eigenvalue weighted by Crippen LogP contribution is -2.29. The number of halogens is 1. The molecule has 1 saturated heterocycles. The SMILES string of the molecule is O=C(C1CC1)N1CCC(c2ccc(F)cc2)C1. The number of amides is 1. The van der Waals surface area contributed by atoms with Crippen molar-refractivity contribution < 1.29 is 9.18 Å². The second-order valence-corrected chi connectivity index (χ2v) is 5.10. The van der Waals surface area contributed by atoms with Crippen molar-refractivity contribution in [2.45, 2.75) is 25.2 Å². The monoisotopic (exact) mass is 233 g/mol. The lowest BCUT2D eigenvalue weighted by molar-refractivity contribution is -0.131. The molecule has 0 bridgehead atoms. The molecule has 0 radical (unpaired) electrons. The maximum absolute atomic E-state index is 12.8. The molecule has 1 amide bonds. The first-order valence-electron chi connectivity index (χ1n) is 6.28. The third-order valence-corrected chi connectivity index (χ3v) is 3.77. The van der Waals surface area contributed by atoms with E-state index in [-0.39, 0.29) is 5.82 Å². The van der Waals surface area contributed by atoms with Crippen LogP contribution in [0.2, 0.25) is 0 Å². The third-order valence-electron chi connectivity index (χ3n) is 3.77. The van der Waals surface area contributed by atoms with Crippen molar-refractivity contribution in [2.24, 2.45) is 5.92 Å². The predicted molar refractivity (Wildman–Crippen MR) is 63.1 cm³/mol. The molecule has 3 rings (SSSR count). The van der Waals surface area contributed by atoms with Gasteiger partial charge in [0.05, 0.1) is 0 Å². The molecular formula is C14H16FNO. The molecule has 1 aliphatic carbocycles. The van der Waals surface area contributed by atoms with E-state index >= 15 is 0 Å². The largest absolute Gasteiger partial charge is 0.342 e. The highest BCUT2D eigenvalue weighted by Crippen LogP contribution is 2.35. The number of carbonyl (C=O) groups is 1. The number of nitrogens with zero attached hydrogens (tertiary/aromatic N) is 1. The molecule has 90 valence electrons. The molecule has 1 saturated carbocycles. The molecule has 2 fully saturated rings. The fraction of sp³-hybridized carbons (Fsp3) is 0.500. The summed E-state index contributed by atoms with van der Waals surface area (Å²) in [5.41, 5.74) is 1.15. The summed E-state index contributed by atoms with van der Waals surface area (Å²) >= 11 is 0. The van der Waals surface area contributed by atoms with Gasteiger partial charge < -0.3 is 4.90 Å². The van der Waals surface area contributed by atoms with Gasteiger partial charge in [0.1, 0.15) is 5.82 Å². The van der Waals surface area contributed by atoms with Crippen molar-refractivity contribution in [3.8, 4) is 0 Å². The summed E-state index contributed by atoms with van der Waals surface area (Å²) in [4.78, 5) is 13.9. The summed E-state index contributed by atoms with van der Waals surface area (Å²) < 4.78 is 12.8. The summed E-state index contributed by atoms with van der Waals surface area (Å²) in [6.45, 7) is 1.67. The van der Waals surface area contributed by atoms with Crippen molar-refractivity contribution in [1.82, 2.24) is 4.90 Å². The van der Waals surface area contributed by atoms with E-state index in [9.17, 15) is 9.18 Å². The van der Waals surface area contributed by atoms with Crippen LogP contribution in [-0.4, -0.2) is 23.9 Å². The van der Waals surface area contributed by atoms with Crippen molar-refractivity contribution in [1.29, 1.82) is 0 Å². The number of hydrogen-bond donors (Lipinski definition) is 0. The second kappa shape index (κ2) is 4.13. The highest BCUT2D eigenvalue weighted by Gasteiger charge is 2.36. The van der Waals surface area contributed by atoms with Gasteiger partial charge in [-0.2, -0.15) is 0 Å². The lowest BCUT2D eigenvalue weighted by Gasteiger charge is -2.16. The van der Waals surface area contributed by atoms with Crippen LogP contribution < -0.4 is 0 Å². The minimum Gasteiger partial charge on any atom is -0.342 e. The summed E-state index contributed by atoms with van der Waals surface area (Å²) in [6, 6.07) is 6.68. The van der Waals surface area contributed by atoms with Gasteiger partial charge in [0.2, 0.25) is 5.91 Å². The van der Waals surface area contributed by atoms with Crippen LogP contribution in [0.4, 0.5) is 4.39 Å². The van der Waals surface area contributed by atoms with Gasteiger partial charge >= 0.3 is 0 Å². The van der Waals surface area contributed by atoms with E-state index in [2.05, 4.69) is 0 Å². The van der Waals surface area contributed by atoms with Gasteiger partial charge in [-0.15, -0.1) is 0 Å². The molecule has 2 nitrogen and oxygen atoms in total. The minimum absolute atomic E-state index is 0.197. The molecule has 0 spiro atoms. The first-order valence-corrected chi connectivity index (χ1v) is 6.28. The highest BCUT2D eigenvalue weighted by molar-refractivity contribution is 5.81. The topological polar surface area (TPSA) is 20.3 Å². The van der Waals surface area contributed by atoms with Crippen molar-refractivity contribution >= 4 is 5.91 Å². The maximum Gasteiger partial charge on any atom is 0.225 e. The number of carbonyl (C=O) groups excluding carboxylic acids is 1. The van der Waals surface area contributed by atoms with Gasteiger partial charge in [-0.1, -0.05) is 12.1 Å². The van der Waals surface area contributed by atoms with Crippen LogP contribution >= 0.6 is 0 Å². The van der Waals surface area contributed by atoms with Crippen LogP contribution in [0.1, 0.15) is 30.7 Å². The van der Waals surface area contributed by atoms with Gasteiger partial charge in [-0.05, 0) is 37.0 Å². The van der Waals surface area contributed by atoms with E-state index in [1.165, 1.54) is 12.1 Å². The van der Waals surface area contributed by atoms with Gasteiger partial charge in [0, 0.05) is 24.9 Å². The molecule has 1 aromatic carbocycles. The summed E-state index contributed by atoms with van der Waals surface area (Å²) in [5, 5.41) is 0. The zero-order chi connectivity index (χ0) is 11.8. The number of benzene rings is 1. The molecule has 0 N–H and O–H groups in total. The Morgan fingerprint density at radius 2 is 1.88 bits per heavy atom. The second-order valence-electron chi connectivity index (χ2n) is 5.10. The van der Waals surface area contributed by atoms with Crippen LogP contribution in [0, 0.1) is 11.7 Å². The standard InChI is InChI=1S/C14H16FNO/c15-13-5-3-10(4-6-13)12-7-8-16(9-12)14(17)11-1-2-11/h3-6,11-12H,1-2,7-9H2. The average molecular weight is 233 g/mol. The minimum atomic E-state index is -0.197. The first kappa shape index (κ1) is 10.8. The fourth-order valence-corrected chi connectivity index (χ4v) is 2.56. The van der Waals surface area contributed by atoms with E-state index in [4.69, 9.17) is 0 Å². The molecule has 0 aromatic heterocycles. The Bertz CT molecular complexity index is 424. The van der Waals surface area contributed by atoms with E-state index in [0.29, 0.717) is 17.7 Å². The molecule has 2 aliphatic rings. The van der Waals surface area contributed by atoms with Gasteiger partial charge in [-0.3, -0.25) is 4.79 Å². The number of likely N-dealkylation sites (tertiary alicyclic amines) is 1. The highest BCUT2D eigenvalue weighted by atomic mass is 19.1. The predicted octanol–water partition coefficient (Wildman–Crippen LogP) is 2.55. The molecule has 3 heteroatoms. The van der Waals surface area contributed by atoms with Crippen molar-refractivity contribution in [2.75, 3.05) is 13.1 Å². The Morgan fingerprint density at radius 3 is 2.53 bits per heavy atom. The Hall–Kier alpha value is -1.38. The summed E-state index contributed by atoms with van der Waals surface area (Å²) in [6.07, 6.45) is 3.14. The summed E-state index contributed by atoms with van der Waals surface area (Å²) in [7, 11) is 0. The van der Waals surface area contributed by atoms with E-state index in [0.717, 1.165) is 37.9 Å². The van der Waals surface area contributed by atoms with Crippen LogP contribution in [0.3, 0.4) is 0 Å². The van der Waals surface area contributed by atoms with E-state index in [1.807, 2.05) is 17.0 Å². The van der Waals surface area contributed by atoms with Crippen molar-refractivity contribution in [3.05, 3.63) is 35.6 Å². The van der Waals surface area contributed by atoms with Crippen molar-refractivity contribution in [3.63, 3.8) is 0 Å². The van der Waals surface area contributed by atoms with Gasteiger partial charge in [0.15, 0.2) is 0 Å². The average Bonchev–Trinajstić information content (AvgIpc) is 3.07. The molecular weight excluding hydrogens is 217 g/mol. The third kappa shape index (κ3) is 2.19. The molecule has 1 heterocycles. The van der Waals surface area contributed by atoms with Gasteiger partial charge in [-0.25, -0.2) is 4.39 Å². The Morgan fingerprint density at radius 1 is 1.18 bits per heavy atom. The zero-order valence-corrected chi connectivity index (χ0v) is 9.73. The lowest BCUT2D eigenvalue weighted by atomic mass is 9.99. The Labute approximate surface area is 100 Å². The molecule has 1 aromatic rings. The number of hydrogen-bond acceptors (Lipinski definition) is 1. The van der Waals surface area contributed by atoms with Crippen LogP contribution in [0.5, 0.6) is 0 Å². The fourth-order valence-electron chi connectivity index (χ4n) is 2.56. The molecule has 1 unspecified atom stereocenters. The first-order chi connectivity index (χ1) is 8.24. The van der Waals surface area contributed by atoms with Crippen LogP contribution in [0.15, 0.2) is 24.3 Å². The molecule has 1 atom stereocenters. The number of rotatable bonds is 2. The van der Waals surface area contributed by atoms with E-state index < -0.39 is 0 Å². The zero-order valence-electron chi connectivity index (χ0n) is 9.73. The van der Waals surface area contributed by atoms with Crippen LogP contribution in [-0.2, 0) is 4.79 Å².